The number of fused-ring (bicyclic) bond motifs is 1. The van der Waals surface area contributed by atoms with Crippen LogP contribution in [-0.4, -0.2) is 49.3 Å². The Bertz CT molecular complexity index is 444. The van der Waals surface area contributed by atoms with Crippen molar-refractivity contribution in [3.63, 3.8) is 0 Å². The van der Waals surface area contributed by atoms with Gasteiger partial charge in [-0.1, -0.05) is 18.2 Å². The van der Waals surface area contributed by atoms with Crippen LogP contribution in [0.3, 0.4) is 0 Å². The number of anilines is 1. The number of para-hydroxylation sites is 1. The lowest BCUT2D eigenvalue weighted by Crippen LogP contribution is -2.39. The molecule has 20 heavy (non-hydrogen) atoms. The number of aliphatic hydroxyl groups is 1. The molecule has 0 bridgehead atoms. The first kappa shape index (κ1) is 13.9. The van der Waals surface area contributed by atoms with E-state index < -0.39 is 0 Å². The van der Waals surface area contributed by atoms with E-state index in [-0.39, 0.29) is 6.10 Å². The fourth-order valence-electron chi connectivity index (χ4n) is 3.18. The van der Waals surface area contributed by atoms with Gasteiger partial charge in [0.1, 0.15) is 0 Å². The molecule has 0 aromatic heterocycles. The molecule has 0 saturated heterocycles. The molecule has 0 radical (unpaired) electrons. The molecule has 1 aromatic carbocycles. The van der Waals surface area contributed by atoms with Crippen molar-refractivity contribution in [3.05, 3.63) is 29.8 Å². The Morgan fingerprint density at radius 2 is 2.15 bits per heavy atom. The summed E-state index contributed by atoms with van der Waals surface area (Å²) < 4.78 is 0. The van der Waals surface area contributed by atoms with Crippen molar-refractivity contribution in [1.29, 1.82) is 0 Å². The molecule has 3 rings (SSSR count). The highest BCUT2D eigenvalue weighted by atomic mass is 16.3. The third kappa shape index (κ3) is 3.33. The maximum absolute atomic E-state index is 10.00. The van der Waals surface area contributed by atoms with Crippen molar-refractivity contribution in [1.82, 2.24) is 4.90 Å². The van der Waals surface area contributed by atoms with Crippen LogP contribution in [0.4, 0.5) is 5.69 Å². The van der Waals surface area contributed by atoms with E-state index in [0.29, 0.717) is 5.92 Å². The summed E-state index contributed by atoms with van der Waals surface area (Å²) in [6, 6.07) is 8.77. The smallest absolute Gasteiger partial charge is 0.0695 e. The second-order valence-electron chi connectivity index (χ2n) is 6.39. The van der Waals surface area contributed by atoms with E-state index in [1.807, 2.05) is 0 Å². The van der Waals surface area contributed by atoms with Crippen LogP contribution in [0.1, 0.15) is 24.8 Å². The molecule has 1 fully saturated rings. The Balaban J connectivity index is 1.51. The first-order valence-corrected chi connectivity index (χ1v) is 7.93. The molecule has 0 amide bonds. The quantitative estimate of drug-likeness (QED) is 0.861. The molecule has 0 spiro atoms. The zero-order chi connectivity index (χ0) is 13.9. The van der Waals surface area contributed by atoms with E-state index in [2.05, 4.69) is 41.1 Å². The minimum absolute atomic E-state index is 0.117. The molecule has 3 heteroatoms. The summed E-state index contributed by atoms with van der Waals surface area (Å²) in [6.45, 7) is 4.07. The van der Waals surface area contributed by atoms with Gasteiger partial charge in [-0.3, -0.25) is 0 Å². The molecule has 1 aliphatic carbocycles. The summed E-state index contributed by atoms with van der Waals surface area (Å²) in [5, 5.41) is 10.00. The van der Waals surface area contributed by atoms with Gasteiger partial charge in [0, 0.05) is 31.9 Å². The maximum Gasteiger partial charge on any atom is 0.0695 e. The van der Waals surface area contributed by atoms with Crippen LogP contribution in [0.5, 0.6) is 0 Å². The Kier molecular flexibility index (Phi) is 4.27. The Hall–Kier alpha value is -1.06. The fraction of sp³-hybridized carbons (Fsp3) is 0.647. The highest BCUT2D eigenvalue weighted by Crippen LogP contribution is 2.32. The maximum atomic E-state index is 10.00. The number of rotatable bonds is 6. The lowest BCUT2D eigenvalue weighted by atomic mass is 10.0. The Labute approximate surface area is 122 Å². The zero-order valence-electron chi connectivity index (χ0n) is 12.5. The third-order valence-electron chi connectivity index (χ3n) is 4.62. The molecular formula is C17H26N2O. The lowest BCUT2D eigenvalue weighted by molar-refractivity contribution is 0.108. The van der Waals surface area contributed by atoms with Crippen LogP contribution in [0.2, 0.25) is 0 Å². The number of nitrogens with zero attached hydrogens (tertiary/aromatic N) is 2. The molecule has 1 aromatic rings. The second-order valence-corrected chi connectivity index (χ2v) is 6.39. The van der Waals surface area contributed by atoms with E-state index in [1.165, 1.54) is 36.9 Å². The summed E-state index contributed by atoms with van der Waals surface area (Å²) >= 11 is 0. The summed E-state index contributed by atoms with van der Waals surface area (Å²) in [5.41, 5.74) is 2.90. The number of likely N-dealkylation sites (N-methyl/N-ethyl adjacent to an activating group) is 1. The van der Waals surface area contributed by atoms with Gasteiger partial charge in [-0.2, -0.15) is 0 Å². The highest BCUT2D eigenvalue weighted by molar-refractivity contribution is 5.55. The van der Waals surface area contributed by atoms with Crippen LogP contribution in [0, 0.1) is 5.92 Å². The number of benzene rings is 1. The number of aliphatic hydroxyl groups excluding tert-OH is 1. The van der Waals surface area contributed by atoms with Crippen LogP contribution in [0.15, 0.2) is 24.3 Å². The molecule has 1 N–H and O–H groups in total. The predicted octanol–water partition coefficient (Wildman–Crippen LogP) is 2.14. The molecule has 1 unspecified atom stereocenters. The number of hydrogen-bond acceptors (Lipinski definition) is 3. The number of hydrogen-bond donors (Lipinski definition) is 1. The highest BCUT2D eigenvalue weighted by Gasteiger charge is 2.30. The van der Waals surface area contributed by atoms with Crippen LogP contribution < -0.4 is 4.90 Å². The van der Waals surface area contributed by atoms with E-state index >= 15 is 0 Å². The third-order valence-corrected chi connectivity index (χ3v) is 4.62. The normalized spacial score (nSPS) is 20.1. The van der Waals surface area contributed by atoms with Gasteiger partial charge in [-0.25, -0.2) is 0 Å². The van der Waals surface area contributed by atoms with E-state index in [1.54, 1.807) is 0 Å². The van der Waals surface area contributed by atoms with Crippen molar-refractivity contribution in [3.8, 4) is 0 Å². The Morgan fingerprint density at radius 3 is 2.95 bits per heavy atom. The van der Waals surface area contributed by atoms with Crippen molar-refractivity contribution in [2.45, 2.75) is 31.8 Å². The van der Waals surface area contributed by atoms with Crippen LogP contribution in [-0.2, 0) is 6.42 Å². The van der Waals surface area contributed by atoms with Crippen LogP contribution in [0.25, 0.3) is 0 Å². The van der Waals surface area contributed by atoms with Gasteiger partial charge >= 0.3 is 0 Å². The van der Waals surface area contributed by atoms with Crippen molar-refractivity contribution in [2.75, 3.05) is 38.1 Å². The van der Waals surface area contributed by atoms with Gasteiger partial charge in [0.15, 0.2) is 0 Å². The van der Waals surface area contributed by atoms with E-state index in [4.69, 9.17) is 0 Å². The fourth-order valence-corrected chi connectivity index (χ4v) is 3.18. The lowest BCUT2D eigenvalue weighted by Gasteiger charge is -2.33. The minimum atomic E-state index is -0.117. The molecule has 2 aliphatic rings. The molecule has 3 nitrogen and oxygen atoms in total. The average Bonchev–Trinajstić information content (AvgIpc) is 3.29. The van der Waals surface area contributed by atoms with Gasteiger partial charge in [0.05, 0.1) is 6.10 Å². The van der Waals surface area contributed by atoms with Gasteiger partial charge < -0.3 is 14.9 Å². The van der Waals surface area contributed by atoms with E-state index in [9.17, 15) is 5.11 Å². The molecule has 1 aliphatic heterocycles. The molecule has 1 atom stereocenters. The largest absolute Gasteiger partial charge is 0.392 e. The topological polar surface area (TPSA) is 26.7 Å². The summed E-state index contributed by atoms with van der Waals surface area (Å²) in [6.07, 6.45) is 4.78. The molecule has 110 valence electrons. The first-order chi connectivity index (χ1) is 9.74. The molecule has 1 saturated carbocycles. The first-order valence-electron chi connectivity index (χ1n) is 7.93. The molecular weight excluding hydrogens is 248 g/mol. The summed E-state index contributed by atoms with van der Waals surface area (Å²) in [7, 11) is 2.13. The van der Waals surface area contributed by atoms with Gasteiger partial charge in [0.2, 0.25) is 0 Å². The summed E-state index contributed by atoms with van der Waals surface area (Å²) in [5.74, 6) is 0.577. The van der Waals surface area contributed by atoms with Crippen molar-refractivity contribution in [2.24, 2.45) is 5.92 Å². The minimum Gasteiger partial charge on any atom is -0.392 e. The van der Waals surface area contributed by atoms with Gasteiger partial charge in [0.25, 0.3) is 0 Å². The SMILES string of the molecule is CN(CCN1CCCc2ccccc21)CC(O)C1CC1. The predicted molar refractivity (Wildman–Crippen MR) is 83.2 cm³/mol. The molecule has 1 heterocycles. The number of aryl methyl sites for hydroxylation is 1. The zero-order valence-corrected chi connectivity index (χ0v) is 12.5. The van der Waals surface area contributed by atoms with Crippen LogP contribution >= 0.6 is 0 Å². The van der Waals surface area contributed by atoms with Gasteiger partial charge in [-0.05, 0) is 50.3 Å². The van der Waals surface area contributed by atoms with Crippen molar-refractivity contribution >= 4 is 5.69 Å². The monoisotopic (exact) mass is 274 g/mol. The van der Waals surface area contributed by atoms with Gasteiger partial charge in [-0.15, -0.1) is 0 Å². The second kappa shape index (κ2) is 6.15. The van der Waals surface area contributed by atoms with E-state index in [0.717, 1.165) is 26.2 Å². The summed E-state index contributed by atoms with van der Waals surface area (Å²) in [4.78, 5) is 4.78. The average molecular weight is 274 g/mol. The standard InChI is InChI=1S/C17H26N2O/c1-18(13-17(20)15-8-9-15)11-12-19-10-4-6-14-5-2-3-7-16(14)19/h2-3,5,7,15,17,20H,4,6,8-13H2,1H3. The van der Waals surface area contributed by atoms with Crippen molar-refractivity contribution < 1.29 is 5.11 Å². The Morgan fingerprint density at radius 1 is 1.35 bits per heavy atom.